The van der Waals surface area contributed by atoms with Gasteiger partial charge in [0, 0.05) is 10.3 Å². The van der Waals surface area contributed by atoms with Crippen molar-refractivity contribution in [3.05, 3.63) is 29.2 Å². The van der Waals surface area contributed by atoms with Crippen molar-refractivity contribution in [3.8, 4) is 0 Å². The van der Waals surface area contributed by atoms with Gasteiger partial charge in [0.15, 0.2) is 0 Å². The first kappa shape index (κ1) is 6.71. The predicted molar refractivity (Wildman–Crippen MR) is 48.7 cm³/mol. The van der Waals surface area contributed by atoms with Gasteiger partial charge in [0.1, 0.15) is 0 Å². The molecule has 11 heavy (non-hydrogen) atoms. The fourth-order valence-corrected chi connectivity index (χ4v) is 1.60. The van der Waals surface area contributed by atoms with E-state index < -0.39 is 0 Å². The number of benzene rings is 1. The quantitative estimate of drug-likeness (QED) is 0.570. The van der Waals surface area contributed by atoms with Crippen LogP contribution in [0.3, 0.4) is 0 Å². The van der Waals surface area contributed by atoms with Crippen molar-refractivity contribution >= 4 is 23.3 Å². The first-order valence-electron chi connectivity index (χ1n) is 3.41. The summed E-state index contributed by atoms with van der Waals surface area (Å²) in [5.74, 6) is 2.83. The zero-order chi connectivity index (χ0) is 7.68. The summed E-state index contributed by atoms with van der Waals surface area (Å²) >= 11 is 1.67. The van der Waals surface area contributed by atoms with Gasteiger partial charge in [-0.25, -0.2) is 4.99 Å². The minimum absolute atomic E-state index is 1.04. The summed E-state index contributed by atoms with van der Waals surface area (Å²) < 4.78 is 0. The van der Waals surface area contributed by atoms with Crippen molar-refractivity contribution < 1.29 is 0 Å². The molecule has 1 nitrogen and oxygen atoms in total. The summed E-state index contributed by atoms with van der Waals surface area (Å²) in [4.78, 5) is 5.34. The van der Waals surface area contributed by atoms with E-state index in [1.165, 1.54) is 10.5 Å². The Morgan fingerprint density at radius 1 is 1.45 bits per heavy atom. The molecule has 0 N–H and O–H groups in total. The van der Waals surface area contributed by atoms with Crippen LogP contribution in [0, 0.1) is 6.92 Å². The Bertz CT molecular complexity index is 349. The van der Waals surface area contributed by atoms with Gasteiger partial charge in [-0.3, -0.25) is 0 Å². The zero-order valence-corrected chi connectivity index (χ0v) is 6.98. The van der Waals surface area contributed by atoms with E-state index >= 15 is 0 Å². The Morgan fingerprint density at radius 2 is 2.36 bits per heavy atom. The van der Waals surface area contributed by atoms with Gasteiger partial charge < -0.3 is 0 Å². The lowest BCUT2D eigenvalue weighted by molar-refractivity contribution is 1.33. The van der Waals surface area contributed by atoms with Gasteiger partial charge in [-0.1, -0.05) is 17.8 Å². The maximum atomic E-state index is 4.13. The van der Waals surface area contributed by atoms with E-state index in [1.54, 1.807) is 11.8 Å². The minimum atomic E-state index is 1.04. The maximum absolute atomic E-state index is 4.13. The SMILES string of the molecule is Cc1ccc2c(c1)N=C=CS2. The second kappa shape index (κ2) is 2.57. The lowest BCUT2D eigenvalue weighted by atomic mass is 10.2. The summed E-state index contributed by atoms with van der Waals surface area (Å²) in [6.45, 7) is 2.07. The number of thioether (sulfide) groups is 1. The Balaban J connectivity index is 2.62. The van der Waals surface area contributed by atoms with Crippen molar-refractivity contribution in [1.29, 1.82) is 0 Å². The Hall–Kier alpha value is -0.980. The number of nitrogens with zero attached hydrogens (tertiary/aromatic N) is 1. The van der Waals surface area contributed by atoms with Crippen LogP contribution in [0.15, 0.2) is 33.5 Å². The van der Waals surface area contributed by atoms with Crippen LogP contribution in [0.1, 0.15) is 5.56 Å². The summed E-state index contributed by atoms with van der Waals surface area (Å²) in [5, 5.41) is 1.87. The second-order valence-electron chi connectivity index (χ2n) is 2.45. The van der Waals surface area contributed by atoms with Crippen LogP contribution in [0.5, 0.6) is 0 Å². The molecule has 0 saturated carbocycles. The Kier molecular flexibility index (Phi) is 1.57. The van der Waals surface area contributed by atoms with Crippen molar-refractivity contribution in [2.24, 2.45) is 4.99 Å². The van der Waals surface area contributed by atoms with Crippen molar-refractivity contribution in [2.45, 2.75) is 11.8 Å². The summed E-state index contributed by atoms with van der Waals surface area (Å²) in [7, 11) is 0. The molecule has 0 unspecified atom stereocenters. The second-order valence-corrected chi connectivity index (χ2v) is 3.36. The number of aliphatic imine (C=N–C) groups is 1. The van der Waals surface area contributed by atoms with Crippen LogP contribution < -0.4 is 0 Å². The first-order chi connectivity index (χ1) is 5.36. The molecule has 0 spiro atoms. The molecule has 0 aliphatic carbocycles. The van der Waals surface area contributed by atoms with Crippen molar-refractivity contribution in [2.75, 3.05) is 0 Å². The van der Waals surface area contributed by atoms with Crippen molar-refractivity contribution in [1.82, 2.24) is 0 Å². The highest BCUT2D eigenvalue weighted by atomic mass is 32.2. The van der Waals surface area contributed by atoms with Crippen LogP contribution in [0.2, 0.25) is 0 Å². The van der Waals surface area contributed by atoms with Gasteiger partial charge in [-0.05, 0) is 30.5 Å². The van der Waals surface area contributed by atoms with Crippen LogP contribution in [0.4, 0.5) is 5.69 Å². The minimum Gasteiger partial charge on any atom is -0.205 e. The fraction of sp³-hybridized carbons (Fsp3) is 0.111. The van der Waals surface area contributed by atoms with Crippen LogP contribution in [0.25, 0.3) is 0 Å². The topological polar surface area (TPSA) is 12.4 Å². The molecule has 1 heterocycles. The van der Waals surface area contributed by atoms with Crippen LogP contribution >= 0.6 is 11.8 Å². The fourth-order valence-electron chi connectivity index (χ4n) is 1.00. The molecular weight excluding hydrogens is 154 g/mol. The average Bonchev–Trinajstić information content (AvgIpc) is 2.04. The summed E-state index contributed by atoms with van der Waals surface area (Å²) in [6.07, 6.45) is 0. The molecule has 0 amide bonds. The molecule has 0 saturated heterocycles. The summed E-state index contributed by atoms with van der Waals surface area (Å²) in [6, 6.07) is 6.26. The molecule has 0 bridgehead atoms. The molecule has 54 valence electrons. The van der Waals surface area contributed by atoms with E-state index in [0.29, 0.717) is 0 Å². The molecule has 1 aliphatic rings. The number of hydrogen-bond acceptors (Lipinski definition) is 2. The third-order valence-corrected chi connectivity index (χ3v) is 2.36. The highest BCUT2D eigenvalue weighted by Gasteiger charge is 2.02. The van der Waals surface area contributed by atoms with Crippen LogP contribution in [-0.2, 0) is 0 Å². The number of rotatable bonds is 0. The molecule has 0 atom stereocenters. The van der Waals surface area contributed by atoms with E-state index in [2.05, 4.69) is 36.0 Å². The zero-order valence-electron chi connectivity index (χ0n) is 6.16. The number of hydrogen-bond donors (Lipinski definition) is 0. The van der Waals surface area contributed by atoms with Gasteiger partial charge in [-0.2, -0.15) is 0 Å². The van der Waals surface area contributed by atoms with Crippen molar-refractivity contribution in [3.63, 3.8) is 0 Å². The van der Waals surface area contributed by atoms with E-state index in [4.69, 9.17) is 0 Å². The van der Waals surface area contributed by atoms with E-state index in [9.17, 15) is 0 Å². The van der Waals surface area contributed by atoms with Gasteiger partial charge in [-0.15, -0.1) is 0 Å². The van der Waals surface area contributed by atoms with Gasteiger partial charge in [0.25, 0.3) is 0 Å². The Labute approximate surface area is 69.8 Å². The molecule has 2 rings (SSSR count). The molecule has 0 fully saturated rings. The maximum Gasteiger partial charge on any atom is 0.0871 e. The highest BCUT2D eigenvalue weighted by molar-refractivity contribution is 8.02. The molecule has 2 heteroatoms. The average molecular weight is 161 g/mol. The monoisotopic (exact) mass is 161 g/mol. The normalized spacial score (nSPS) is 13.2. The van der Waals surface area contributed by atoms with E-state index in [1.807, 2.05) is 5.41 Å². The van der Waals surface area contributed by atoms with Gasteiger partial charge >= 0.3 is 0 Å². The van der Waals surface area contributed by atoms with E-state index in [-0.39, 0.29) is 0 Å². The molecule has 1 aromatic rings. The molecular formula is C9H7NS. The number of fused-ring (bicyclic) bond motifs is 1. The number of aryl methyl sites for hydroxylation is 1. The molecule has 1 aromatic carbocycles. The lowest BCUT2D eigenvalue weighted by Crippen LogP contribution is -1.78. The predicted octanol–water partition coefficient (Wildman–Crippen LogP) is 2.92. The standard InChI is InChI=1S/C9H7NS/c1-7-2-3-9-8(6-7)10-4-5-11-9/h2-3,5-6H,1H3. The third-order valence-electron chi connectivity index (χ3n) is 1.54. The lowest BCUT2D eigenvalue weighted by Gasteiger charge is -2.03. The molecule has 0 radical (unpaired) electrons. The Morgan fingerprint density at radius 3 is 3.27 bits per heavy atom. The highest BCUT2D eigenvalue weighted by Crippen LogP contribution is 2.32. The van der Waals surface area contributed by atoms with Gasteiger partial charge in [0.05, 0.1) is 5.69 Å². The summed E-state index contributed by atoms with van der Waals surface area (Å²) in [5.41, 5.74) is 2.29. The molecule has 1 aliphatic heterocycles. The van der Waals surface area contributed by atoms with Gasteiger partial charge in [0.2, 0.25) is 0 Å². The van der Waals surface area contributed by atoms with Crippen LogP contribution in [-0.4, -0.2) is 5.87 Å². The molecule has 0 aromatic heterocycles. The largest absolute Gasteiger partial charge is 0.205 e. The first-order valence-corrected chi connectivity index (χ1v) is 4.29. The van der Waals surface area contributed by atoms with E-state index in [0.717, 1.165) is 5.69 Å². The smallest absolute Gasteiger partial charge is 0.0871 e. The third kappa shape index (κ3) is 1.23.